The minimum Gasteiger partial charge on any atom is -0.381 e. The third kappa shape index (κ3) is 2.01. The minimum absolute atomic E-state index is 0.424. The molecule has 2 rings (SSSR count). The Morgan fingerprint density at radius 2 is 2.21 bits per heavy atom. The Balaban J connectivity index is 1.96. The van der Waals surface area contributed by atoms with Crippen LogP contribution in [-0.4, -0.2) is 36.3 Å². The number of nitrogens with zero attached hydrogens (tertiary/aromatic N) is 3. The van der Waals surface area contributed by atoms with Gasteiger partial charge in [-0.2, -0.15) is 0 Å². The first-order valence-electron chi connectivity index (χ1n) is 4.94. The van der Waals surface area contributed by atoms with Crippen LogP contribution in [0.15, 0.2) is 18.6 Å². The smallest absolute Gasteiger partial charge is 0.131 e. The second-order valence-electron chi connectivity index (χ2n) is 3.49. The van der Waals surface area contributed by atoms with Gasteiger partial charge < -0.3 is 9.64 Å². The number of ether oxygens (including phenoxy) is 1. The second kappa shape index (κ2) is 4.37. The highest BCUT2D eigenvalue weighted by Crippen LogP contribution is 2.17. The molecule has 1 aliphatic rings. The van der Waals surface area contributed by atoms with E-state index in [4.69, 9.17) is 4.74 Å². The maximum Gasteiger partial charge on any atom is 0.131 e. The lowest BCUT2D eigenvalue weighted by Crippen LogP contribution is -2.37. The molecule has 0 spiro atoms. The first-order chi connectivity index (χ1) is 6.90. The van der Waals surface area contributed by atoms with Crippen LogP contribution >= 0.6 is 0 Å². The van der Waals surface area contributed by atoms with Gasteiger partial charge in [0, 0.05) is 26.4 Å². The number of aromatic nitrogens is 2. The molecule has 1 aromatic heterocycles. The van der Waals surface area contributed by atoms with E-state index in [1.54, 1.807) is 19.6 Å². The van der Waals surface area contributed by atoms with E-state index in [1.807, 2.05) is 6.07 Å². The fraction of sp³-hybridized carbons (Fsp3) is 0.600. The third-order valence-electron chi connectivity index (χ3n) is 2.67. The summed E-state index contributed by atoms with van der Waals surface area (Å²) in [4.78, 5) is 10.4. The van der Waals surface area contributed by atoms with Crippen LogP contribution < -0.4 is 4.90 Å². The molecule has 0 amide bonds. The topological polar surface area (TPSA) is 38.2 Å². The molecule has 4 heteroatoms. The lowest BCUT2D eigenvalue weighted by atomic mass is 10.1. The Morgan fingerprint density at radius 3 is 2.79 bits per heavy atom. The highest BCUT2D eigenvalue weighted by Gasteiger charge is 2.19. The molecule has 0 N–H and O–H groups in total. The molecular weight excluding hydrogens is 178 g/mol. The number of hydrogen-bond donors (Lipinski definition) is 0. The van der Waals surface area contributed by atoms with Crippen LogP contribution in [0.2, 0.25) is 0 Å². The van der Waals surface area contributed by atoms with Gasteiger partial charge in [0.15, 0.2) is 0 Å². The molecule has 1 saturated heterocycles. The largest absolute Gasteiger partial charge is 0.381 e. The van der Waals surface area contributed by atoms with Crippen molar-refractivity contribution in [3.8, 4) is 0 Å². The van der Waals surface area contributed by atoms with E-state index in [9.17, 15) is 0 Å². The summed E-state index contributed by atoms with van der Waals surface area (Å²) in [5.74, 6) is 1.02. The molecule has 1 aliphatic heterocycles. The second-order valence-corrected chi connectivity index (χ2v) is 3.49. The highest BCUT2D eigenvalue weighted by molar-refractivity contribution is 5.36. The number of rotatable bonds is 2. The zero-order valence-electron chi connectivity index (χ0n) is 8.39. The van der Waals surface area contributed by atoms with Crippen molar-refractivity contribution in [3.63, 3.8) is 0 Å². The van der Waals surface area contributed by atoms with Gasteiger partial charge >= 0.3 is 0 Å². The van der Waals surface area contributed by atoms with Crippen molar-refractivity contribution in [1.82, 2.24) is 9.97 Å². The lowest BCUT2D eigenvalue weighted by molar-refractivity contribution is 0.0818. The van der Waals surface area contributed by atoms with Crippen LogP contribution in [-0.2, 0) is 4.74 Å². The Bertz CT molecular complexity index is 270. The molecule has 14 heavy (non-hydrogen) atoms. The molecule has 0 aromatic carbocycles. The molecule has 0 unspecified atom stereocenters. The van der Waals surface area contributed by atoms with E-state index in [2.05, 4.69) is 14.9 Å². The van der Waals surface area contributed by atoms with Gasteiger partial charge in [-0.1, -0.05) is 0 Å². The van der Waals surface area contributed by atoms with Gasteiger partial charge in [0.1, 0.15) is 12.1 Å². The molecule has 0 bridgehead atoms. The van der Waals surface area contributed by atoms with Crippen molar-refractivity contribution < 1.29 is 4.74 Å². The first-order valence-corrected chi connectivity index (χ1v) is 4.94. The zero-order valence-corrected chi connectivity index (χ0v) is 8.39. The predicted octanol–water partition coefficient (Wildman–Crippen LogP) is 1.09. The van der Waals surface area contributed by atoms with Crippen molar-refractivity contribution >= 4 is 5.82 Å². The number of piperidine rings is 1. The number of anilines is 1. The average molecular weight is 193 g/mol. The van der Waals surface area contributed by atoms with E-state index < -0.39 is 0 Å². The lowest BCUT2D eigenvalue weighted by Gasteiger charge is -2.31. The SMILES string of the molecule is COC1CCN(c2ccncn2)CC1. The van der Waals surface area contributed by atoms with Crippen molar-refractivity contribution in [2.75, 3.05) is 25.1 Å². The Kier molecular flexibility index (Phi) is 2.93. The summed E-state index contributed by atoms with van der Waals surface area (Å²) in [6, 6.07) is 1.95. The van der Waals surface area contributed by atoms with E-state index in [0.717, 1.165) is 31.7 Å². The quantitative estimate of drug-likeness (QED) is 0.704. The van der Waals surface area contributed by atoms with Crippen molar-refractivity contribution in [1.29, 1.82) is 0 Å². The fourth-order valence-corrected chi connectivity index (χ4v) is 1.79. The predicted molar refractivity (Wildman–Crippen MR) is 54.3 cm³/mol. The average Bonchev–Trinajstić information content (AvgIpc) is 2.30. The van der Waals surface area contributed by atoms with E-state index in [0.29, 0.717) is 6.10 Å². The molecule has 0 aliphatic carbocycles. The van der Waals surface area contributed by atoms with Crippen molar-refractivity contribution in [2.45, 2.75) is 18.9 Å². The van der Waals surface area contributed by atoms with Gasteiger partial charge in [0.05, 0.1) is 6.10 Å². The van der Waals surface area contributed by atoms with Crippen molar-refractivity contribution in [3.05, 3.63) is 18.6 Å². The molecule has 2 heterocycles. The number of hydrogen-bond acceptors (Lipinski definition) is 4. The van der Waals surface area contributed by atoms with E-state index in [1.165, 1.54) is 0 Å². The van der Waals surface area contributed by atoms with Crippen LogP contribution in [0.25, 0.3) is 0 Å². The van der Waals surface area contributed by atoms with Gasteiger partial charge in [-0.15, -0.1) is 0 Å². The maximum absolute atomic E-state index is 5.32. The van der Waals surface area contributed by atoms with Gasteiger partial charge in [-0.05, 0) is 18.9 Å². The van der Waals surface area contributed by atoms with Crippen LogP contribution in [0.4, 0.5) is 5.82 Å². The molecule has 0 radical (unpaired) electrons. The molecule has 76 valence electrons. The van der Waals surface area contributed by atoms with Crippen LogP contribution in [0.3, 0.4) is 0 Å². The third-order valence-corrected chi connectivity index (χ3v) is 2.67. The van der Waals surface area contributed by atoms with Crippen LogP contribution in [0.5, 0.6) is 0 Å². The molecule has 1 aromatic rings. The molecule has 1 fully saturated rings. The maximum atomic E-state index is 5.32. The van der Waals surface area contributed by atoms with Gasteiger partial charge in [-0.25, -0.2) is 9.97 Å². The van der Waals surface area contributed by atoms with Gasteiger partial charge in [0.2, 0.25) is 0 Å². The Labute approximate surface area is 83.9 Å². The zero-order chi connectivity index (χ0) is 9.80. The van der Waals surface area contributed by atoms with E-state index >= 15 is 0 Å². The first kappa shape index (κ1) is 9.40. The molecular formula is C10H15N3O. The summed E-state index contributed by atoms with van der Waals surface area (Å²) in [6.45, 7) is 2.05. The molecule has 0 atom stereocenters. The normalized spacial score (nSPS) is 18.5. The van der Waals surface area contributed by atoms with Crippen LogP contribution in [0, 0.1) is 0 Å². The summed E-state index contributed by atoms with van der Waals surface area (Å²) in [5.41, 5.74) is 0. The molecule has 4 nitrogen and oxygen atoms in total. The van der Waals surface area contributed by atoms with E-state index in [-0.39, 0.29) is 0 Å². The highest BCUT2D eigenvalue weighted by atomic mass is 16.5. The minimum atomic E-state index is 0.424. The summed E-state index contributed by atoms with van der Waals surface area (Å²) in [5, 5.41) is 0. The fourth-order valence-electron chi connectivity index (χ4n) is 1.79. The van der Waals surface area contributed by atoms with Gasteiger partial charge in [0.25, 0.3) is 0 Å². The Hall–Kier alpha value is -1.16. The standard InChI is InChI=1S/C10H15N3O/c1-14-9-3-6-13(7-4-9)10-2-5-11-8-12-10/h2,5,8-9H,3-4,6-7H2,1H3. The summed E-state index contributed by atoms with van der Waals surface area (Å²) < 4.78 is 5.32. The number of methoxy groups -OCH3 is 1. The summed E-state index contributed by atoms with van der Waals surface area (Å²) in [6.07, 6.45) is 5.97. The van der Waals surface area contributed by atoms with Crippen molar-refractivity contribution in [2.24, 2.45) is 0 Å². The monoisotopic (exact) mass is 193 g/mol. The van der Waals surface area contributed by atoms with Gasteiger partial charge in [-0.3, -0.25) is 0 Å². The summed E-state index contributed by atoms with van der Waals surface area (Å²) in [7, 11) is 1.78. The van der Waals surface area contributed by atoms with Crippen LogP contribution in [0.1, 0.15) is 12.8 Å². The molecule has 0 saturated carbocycles. The summed E-state index contributed by atoms with van der Waals surface area (Å²) >= 11 is 0. The Morgan fingerprint density at radius 1 is 1.43 bits per heavy atom.